The van der Waals surface area contributed by atoms with Crippen LogP contribution in [0.3, 0.4) is 0 Å². The Hall–Kier alpha value is -1.86. The van der Waals surface area contributed by atoms with Crippen LogP contribution >= 0.6 is 11.6 Å². The Morgan fingerprint density at radius 3 is 2.35 bits per heavy atom. The molecule has 1 heterocycles. The molecule has 2 rings (SSSR count). The topological polar surface area (TPSA) is 84.6 Å². The Bertz CT molecular complexity index is 712. The molecule has 2 aromatic rings. The van der Waals surface area contributed by atoms with Gasteiger partial charge in [0.15, 0.2) is 20.8 Å². The van der Waals surface area contributed by atoms with Crippen LogP contribution in [0.5, 0.6) is 0 Å². The maximum Gasteiger partial charge on any atom is 0.196 e. The zero-order valence-corrected chi connectivity index (χ0v) is 12.1. The minimum atomic E-state index is -3.17. The molecule has 0 bridgehead atoms. The number of hydrogen-bond acceptors (Lipinski definition) is 6. The van der Waals surface area contributed by atoms with Crippen molar-refractivity contribution < 1.29 is 8.42 Å². The number of nitrogens with zero attached hydrogens (tertiary/aromatic N) is 4. The van der Waals surface area contributed by atoms with Crippen molar-refractivity contribution in [3.8, 4) is 0 Å². The molecule has 0 aliphatic carbocycles. The molecule has 0 saturated carbocycles. The van der Waals surface area contributed by atoms with Gasteiger partial charge >= 0.3 is 0 Å². The summed E-state index contributed by atoms with van der Waals surface area (Å²) in [6, 6.07) is 9.66. The number of benzene rings is 1. The molecule has 0 unspecified atom stereocenters. The SMILES string of the molecule is CS(=O)(=O)c1ccc(CN=Nc2ccc(Cl)nn2)cc1. The van der Waals surface area contributed by atoms with Crippen LogP contribution in [-0.2, 0) is 16.4 Å². The Kier molecular flexibility index (Phi) is 4.41. The van der Waals surface area contributed by atoms with E-state index in [0.29, 0.717) is 17.5 Å². The molecule has 0 fully saturated rings. The van der Waals surface area contributed by atoms with Gasteiger partial charge in [-0.15, -0.1) is 15.3 Å². The van der Waals surface area contributed by atoms with Gasteiger partial charge in [0.1, 0.15) is 0 Å². The zero-order valence-electron chi connectivity index (χ0n) is 10.6. The van der Waals surface area contributed by atoms with Crippen molar-refractivity contribution in [3.63, 3.8) is 0 Å². The Morgan fingerprint density at radius 2 is 1.80 bits per heavy atom. The first-order valence-corrected chi connectivity index (χ1v) is 7.88. The number of azo groups is 1. The summed E-state index contributed by atoms with van der Waals surface area (Å²) in [5.41, 5.74) is 0.850. The number of halogens is 1. The lowest BCUT2D eigenvalue weighted by atomic mass is 10.2. The molecule has 6 nitrogen and oxygen atoms in total. The quantitative estimate of drug-likeness (QED) is 0.813. The lowest BCUT2D eigenvalue weighted by Crippen LogP contribution is -1.96. The number of sulfone groups is 1. The molecule has 0 aliphatic rings. The third kappa shape index (κ3) is 4.07. The largest absolute Gasteiger partial charge is 0.224 e. The summed E-state index contributed by atoms with van der Waals surface area (Å²) in [7, 11) is -3.17. The summed E-state index contributed by atoms with van der Waals surface area (Å²) in [4.78, 5) is 0.279. The molecule has 0 amide bonds. The molecule has 1 aromatic carbocycles. The van der Waals surface area contributed by atoms with Crippen LogP contribution in [0.1, 0.15) is 5.56 Å². The van der Waals surface area contributed by atoms with Gasteiger partial charge in [-0.05, 0) is 29.8 Å². The fraction of sp³-hybridized carbons (Fsp3) is 0.167. The molecular formula is C12H11ClN4O2S. The Morgan fingerprint density at radius 1 is 1.10 bits per heavy atom. The molecule has 0 aliphatic heterocycles. The van der Waals surface area contributed by atoms with E-state index < -0.39 is 9.84 Å². The lowest BCUT2D eigenvalue weighted by Gasteiger charge is -1.99. The van der Waals surface area contributed by atoms with Gasteiger partial charge in [-0.25, -0.2) is 8.42 Å². The second kappa shape index (κ2) is 6.06. The lowest BCUT2D eigenvalue weighted by molar-refractivity contribution is 0.602. The van der Waals surface area contributed by atoms with Crippen molar-refractivity contribution in [3.05, 3.63) is 47.1 Å². The molecule has 104 valence electrons. The minimum Gasteiger partial charge on any atom is -0.224 e. The minimum absolute atomic E-state index is 0.279. The average molecular weight is 311 g/mol. The van der Waals surface area contributed by atoms with E-state index in [0.717, 1.165) is 5.56 Å². The van der Waals surface area contributed by atoms with Gasteiger partial charge in [0, 0.05) is 6.26 Å². The average Bonchev–Trinajstić information content (AvgIpc) is 2.41. The highest BCUT2D eigenvalue weighted by Gasteiger charge is 2.05. The third-order valence-electron chi connectivity index (χ3n) is 2.40. The van der Waals surface area contributed by atoms with E-state index in [9.17, 15) is 8.42 Å². The van der Waals surface area contributed by atoms with Crippen LogP contribution in [0.2, 0.25) is 5.15 Å². The fourth-order valence-corrected chi connectivity index (χ4v) is 2.13. The molecule has 0 saturated heterocycles. The molecule has 0 radical (unpaired) electrons. The monoisotopic (exact) mass is 310 g/mol. The van der Waals surface area contributed by atoms with Gasteiger partial charge in [0.25, 0.3) is 0 Å². The van der Waals surface area contributed by atoms with Crippen molar-refractivity contribution in [2.45, 2.75) is 11.4 Å². The molecule has 0 spiro atoms. The highest BCUT2D eigenvalue weighted by molar-refractivity contribution is 7.90. The maximum atomic E-state index is 11.3. The molecule has 0 atom stereocenters. The van der Waals surface area contributed by atoms with E-state index in [2.05, 4.69) is 20.4 Å². The Balaban J connectivity index is 2.02. The van der Waals surface area contributed by atoms with Gasteiger partial charge in [-0.3, -0.25) is 0 Å². The van der Waals surface area contributed by atoms with Crippen LogP contribution in [0.4, 0.5) is 5.82 Å². The number of hydrogen-bond donors (Lipinski definition) is 0. The maximum absolute atomic E-state index is 11.3. The first-order chi connectivity index (χ1) is 9.45. The number of aromatic nitrogens is 2. The van der Waals surface area contributed by atoms with E-state index in [1.807, 2.05) is 0 Å². The standard InChI is InChI=1S/C12H11ClN4O2S/c1-20(18,19)10-4-2-9(3-5-10)8-14-16-12-7-6-11(13)15-17-12/h2-7H,8H2,1H3. The fourth-order valence-electron chi connectivity index (χ4n) is 1.39. The summed E-state index contributed by atoms with van der Waals surface area (Å²) >= 11 is 5.60. The third-order valence-corrected chi connectivity index (χ3v) is 3.73. The normalized spacial score (nSPS) is 11.9. The predicted molar refractivity (Wildman–Crippen MR) is 74.8 cm³/mol. The number of rotatable bonds is 4. The molecule has 1 aromatic heterocycles. The summed E-state index contributed by atoms with van der Waals surface area (Å²) in [6.45, 7) is 0.328. The second-order valence-electron chi connectivity index (χ2n) is 4.03. The van der Waals surface area contributed by atoms with Crippen molar-refractivity contribution in [2.24, 2.45) is 10.2 Å². The van der Waals surface area contributed by atoms with Crippen LogP contribution in [0.25, 0.3) is 0 Å². The van der Waals surface area contributed by atoms with Gasteiger partial charge in [-0.1, -0.05) is 23.7 Å². The van der Waals surface area contributed by atoms with Crippen LogP contribution in [-0.4, -0.2) is 24.9 Å². The molecular weight excluding hydrogens is 300 g/mol. The van der Waals surface area contributed by atoms with E-state index in [-0.39, 0.29) is 4.90 Å². The van der Waals surface area contributed by atoms with Crippen LogP contribution in [0, 0.1) is 0 Å². The first kappa shape index (κ1) is 14.5. The molecule has 20 heavy (non-hydrogen) atoms. The summed E-state index contributed by atoms with van der Waals surface area (Å²) in [5, 5.41) is 15.5. The molecule has 0 N–H and O–H groups in total. The van der Waals surface area contributed by atoms with Gasteiger partial charge in [0.05, 0.1) is 11.4 Å². The highest BCUT2D eigenvalue weighted by atomic mass is 35.5. The van der Waals surface area contributed by atoms with Crippen molar-refractivity contribution in [1.29, 1.82) is 0 Å². The van der Waals surface area contributed by atoms with Crippen molar-refractivity contribution >= 4 is 27.3 Å². The molecule has 8 heteroatoms. The summed E-state index contributed by atoms with van der Waals surface area (Å²) in [6.07, 6.45) is 1.17. The van der Waals surface area contributed by atoms with Gasteiger partial charge in [-0.2, -0.15) is 5.11 Å². The van der Waals surface area contributed by atoms with E-state index in [1.54, 1.807) is 36.4 Å². The van der Waals surface area contributed by atoms with Crippen molar-refractivity contribution in [2.75, 3.05) is 6.26 Å². The summed E-state index contributed by atoms with van der Waals surface area (Å²) < 4.78 is 22.6. The van der Waals surface area contributed by atoms with Crippen molar-refractivity contribution in [1.82, 2.24) is 10.2 Å². The van der Waals surface area contributed by atoms with E-state index in [4.69, 9.17) is 11.6 Å². The predicted octanol–water partition coefficient (Wildman–Crippen LogP) is 2.82. The van der Waals surface area contributed by atoms with Crippen LogP contribution < -0.4 is 0 Å². The van der Waals surface area contributed by atoms with E-state index in [1.165, 1.54) is 6.26 Å². The van der Waals surface area contributed by atoms with Crippen LogP contribution in [0.15, 0.2) is 51.5 Å². The van der Waals surface area contributed by atoms with Gasteiger partial charge in [0.2, 0.25) is 0 Å². The summed E-state index contributed by atoms with van der Waals surface area (Å²) in [5.74, 6) is 0.363. The first-order valence-electron chi connectivity index (χ1n) is 5.61. The Labute approximate surface area is 121 Å². The second-order valence-corrected chi connectivity index (χ2v) is 6.43. The smallest absolute Gasteiger partial charge is 0.196 e. The van der Waals surface area contributed by atoms with Gasteiger partial charge < -0.3 is 0 Å². The van der Waals surface area contributed by atoms with E-state index >= 15 is 0 Å². The zero-order chi connectivity index (χ0) is 14.6. The highest BCUT2D eigenvalue weighted by Crippen LogP contribution is 2.13.